The first-order chi connectivity index (χ1) is 12.5. The van der Waals surface area contributed by atoms with Crippen LogP contribution in [0, 0.1) is 6.92 Å². The summed E-state index contributed by atoms with van der Waals surface area (Å²) in [6.45, 7) is 5.95. The maximum atomic E-state index is 12.5. The lowest BCUT2D eigenvalue weighted by Crippen LogP contribution is -2.36. The molecule has 0 spiro atoms. The number of imide groups is 1. The van der Waals surface area contributed by atoms with E-state index in [4.69, 9.17) is 0 Å². The molecule has 1 fully saturated rings. The van der Waals surface area contributed by atoms with Crippen molar-refractivity contribution in [2.75, 3.05) is 0 Å². The zero-order valence-corrected chi connectivity index (χ0v) is 16.7. The Morgan fingerprint density at radius 2 is 1.62 bits per heavy atom. The van der Waals surface area contributed by atoms with E-state index in [9.17, 15) is 9.59 Å². The van der Waals surface area contributed by atoms with Crippen molar-refractivity contribution in [2.45, 2.75) is 43.0 Å². The van der Waals surface area contributed by atoms with Crippen LogP contribution >= 0.6 is 23.5 Å². The summed E-state index contributed by atoms with van der Waals surface area (Å²) < 4.78 is 0. The van der Waals surface area contributed by atoms with Crippen LogP contribution in [0.25, 0.3) is 6.08 Å². The summed E-state index contributed by atoms with van der Waals surface area (Å²) in [4.78, 5) is 28.7. The molecule has 0 saturated carbocycles. The topological polar surface area (TPSA) is 37.4 Å². The molecule has 0 unspecified atom stereocenters. The summed E-state index contributed by atoms with van der Waals surface area (Å²) in [5.74, 6) is -0.188. The van der Waals surface area contributed by atoms with Crippen LogP contribution in [0.2, 0.25) is 0 Å². The van der Waals surface area contributed by atoms with E-state index in [-0.39, 0.29) is 17.2 Å². The van der Waals surface area contributed by atoms with Crippen LogP contribution in [0.15, 0.2) is 63.2 Å². The Bertz CT molecular complexity index is 841. The molecule has 1 aliphatic heterocycles. The number of hydrogen-bond donors (Lipinski definition) is 0. The molecule has 0 aliphatic carbocycles. The van der Waals surface area contributed by atoms with Crippen LogP contribution in [0.4, 0.5) is 4.79 Å². The summed E-state index contributed by atoms with van der Waals surface area (Å²) in [5.41, 5.74) is 2.17. The summed E-state index contributed by atoms with van der Waals surface area (Å²) in [6, 6.07) is 16.4. The highest BCUT2D eigenvalue weighted by Gasteiger charge is 2.37. The minimum Gasteiger partial charge on any atom is -0.268 e. The molecule has 2 aromatic rings. The van der Waals surface area contributed by atoms with Gasteiger partial charge in [-0.3, -0.25) is 14.5 Å². The van der Waals surface area contributed by atoms with Gasteiger partial charge in [-0.2, -0.15) is 0 Å². The minimum atomic E-state index is -0.188. The minimum absolute atomic E-state index is 0.0679. The second-order valence-corrected chi connectivity index (χ2v) is 8.43. The fraction of sp³-hybridized carbons (Fsp3) is 0.238. The molecule has 0 radical (unpaired) electrons. The summed E-state index contributed by atoms with van der Waals surface area (Å²) in [5, 5.41) is -0.179. The summed E-state index contributed by atoms with van der Waals surface area (Å²) in [6.07, 6.45) is 2.56. The van der Waals surface area contributed by atoms with E-state index in [1.807, 2.05) is 38.1 Å². The molecule has 1 saturated heterocycles. The number of hydrogen-bond acceptors (Lipinski definition) is 4. The van der Waals surface area contributed by atoms with Crippen LogP contribution in [0.1, 0.15) is 31.4 Å². The number of thioether (sulfide) groups is 1. The Morgan fingerprint density at radius 1 is 1.04 bits per heavy atom. The first kappa shape index (κ1) is 18.8. The number of rotatable bonds is 5. The van der Waals surface area contributed by atoms with Gasteiger partial charge in [0.05, 0.1) is 4.91 Å². The first-order valence-corrected chi connectivity index (χ1v) is 10.2. The van der Waals surface area contributed by atoms with Crippen LogP contribution < -0.4 is 0 Å². The highest BCUT2D eigenvalue weighted by atomic mass is 32.2. The number of aryl methyl sites for hydroxylation is 1. The molecule has 3 rings (SSSR count). The number of nitrogens with zero attached hydrogens (tertiary/aromatic N) is 1. The van der Waals surface area contributed by atoms with Gasteiger partial charge in [0, 0.05) is 15.8 Å². The van der Waals surface area contributed by atoms with E-state index < -0.39 is 0 Å². The quantitative estimate of drug-likeness (QED) is 0.595. The Morgan fingerprint density at radius 3 is 2.19 bits per heavy atom. The third-order valence-electron chi connectivity index (χ3n) is 4.29. The molecule has 1 atom stereocenters. The van der Waals surface area contributed by atoms with Crippen molar-refractivity contribution in [3.8, 4) is 0 Å². The van der Waals surface area contributed by atoms with Gasteiger partial charge in [0.15, 0.2) is 0 Å². The molecule has 2 aromatic carbocycles. The molecule has 26 heavy (non-hydrogen) atoms. The van der Waals surface area contributed by atoms with Crippen LogP contribution in [-0.4, -0.2) is 22.1 Å². The molecular weight excluding hydrogens is 362 g/mol. The lowest BCUT2D eigenvalue weighted by Gasteiger charge is -2.19. The summed E-state index contributed by atoms with van der Waals surface area (Å²) in [7, 11) is 0. The first-order valence-electron chi connectivity index (χ1n) is 8.59. The summed E-state index contributed by atoms with van der Waals surface area (Å²) >= 11 is 2.72. The normalized spacial score (nSPS) is 17.2. The predicted octanol–water partition coefficient (Wildman–Crippen LogP) is 5.98. The Balaban J connectivity index is 1.73. The second-order valence-electron chi connectivity index (χ2n) is 6.29. The molecule has 1 aliphatic rings. The number of amides is 2. The largest absolute Gasteiger partial charge is 0.293 e. The number of carbonyl (C=O) groups is 2. The van der Waals surface area contributed by atoms with Crippen LogP contribution in [0.5, 0.6) is 0 Å². The van der Waals surface area contributed by atoms with Crippen molar-refractivity contribution < 1.29 is 9.59 Å². The monoisotopic (exact) mass is 383 g/mol. The fourth-order valence-electron chi connectivity index (χ4n) is 2.57. The highest BCUT2D eigenvalue weighted by Crippen LogP contribution is 2.34. The standard InChI is InChI=1S/C21H21NO2S2/c1-4-15(3)22-20(23)19(26-21(22)24)13-16-7-11-18(12-8-16)25-17-9-5-14(2)6-10-17/h5-13,15H,4H2,1-3H3/b19-13+/t15-/m1/s1. The van der Waals surface area contributed by atoms with Crippen molar-refractivity contribution in [3.05, 3.63) is 64.6 Å². The molecule has 0 N–H and O–H groups in total. The van der Waals surface area contributed by atoms with E-state index in [1.54, 1.807) is 17.8 Å². The molecule has 134 valence electrons. The lowest BCUT2D eigenvalue weighted by molar-refractivity contribution is -0.124. The van der Waals surface area contributed by atoms with E-state index in [0.717, 1.165) is 28.6 Å². The maximum absolute atomic E-state index is 12.5. The Labute approximate surface area is 162 Å². The fourth-order valence-corrected chi connectivity index (χ4v) is 4.31. The van der Waals surface area contributed by atoms with Crippen LogP contribution in [0.3, 0.4) is 0 Å². The zero-order valence-electron chi connectivity index (χ0n) is 15.1. The smallest absolute Gasteiger partial charge is 0.268 e. The SMILES string of the molecule is CC[C@@H](C)N1C(=O)S/C(=C/c2ccc(Sc3ccc(C)cc3)cc2)C1=O. The third-order valence-corrected chi connectivity index (χ3v) is 6.19. The van der Waals surface area contributed by atoms with Crippen molar-refractivity contribution >= 4 is 40.7 Å². The molecule has 1 heterocycles. The van der Waals surface area contributed by atoms with E-state index in [0.29, 0.717) is 4.91 Å². The van der Waals surface area contributed by atoms with Gasteiger partial charge >= 0.3 is 0 Å². The molecule has 0 bridgehead atoms. The molecular formula is C21H21NO2S2. The predicted molar refractivity (Wildman–Crippen MR) is 109 cm³/mol. The third kappa shape index (κ3) is 4.22. The average Bonchev–Trinajstić information content (AvgIpc) is 2.91. The number of carbonyl (C=O) groups excluding carboxylic acids is 2. The van der Waals surface area contributed by atoms with Gasteiger partial charge in [0.1, 0.15) is 0 Å². The van der Waals surface area contributed by atoms with Gasteiger partial charge in [0.2, 0.25) is 0 Å². The van der Waals surface area contributed by atoms with E-state index in [1.165, 1.54) is 15.4 Å². The molecule has 2 amide bonds. The van der Waals surface area contributed by atoms with E-state index in [2.05, 4.69) is 31.2 Å². The van der Waals surface area contributed by atoms with Gasteiger partial charge in [-0.05, 0) is 67.9 Å². The van der Waals surface area contributed by atoms with Crippen LogP contribution in [-0.2, 0) is 4.79 Å². The van der Waals surface area contributed by atoms with Crippen molar-refractivity contribution in [2.24, 2.45) is 0 Å². The van der Waals surface area contributed by atoms with Gasteiger partial charge in [-0.15, -0.1) is 0 Å². The number of benzene rings is 2. The van der Waals surface area contributed by atoms with Gasteiger partial charge in [0.25, 0.3) is 11.1 Å². The molecule has 0 aromatic heterocycles. The molecule has 5 heteroatoms. The highest BCUT2D eigenvalue weighted by molar-refractivity contribution is 8.18. The van der Waals surface area contributed by atoms with Gasteiger partial charge < -0.3 is 0 Å². The maximum Gasteiger partial charge on any atom is 0.293 e. The average molecular weight is 384 g/mol. The van der Waals surface area contributed by atoms with E-state index >= 15 is 0 Å². The lowest BCUT2D eigenvalue weighted by atomic mass is 10.2. The second kappa shape index (κ2) is 8.14. The zero-order chi connectivity index (χ0) is 18.7. The van der Waals surface area contributed by atoms with Gasteiger partial charge in [-0.25, -0.2) is 0 Å². The van der Waals surface area contributed by atoms with Crippen molar-refractivity contribution in [1.29, 1.82) is 0 Å². The van der Waals surface area contributed by atoms with Crippen molar-refractivity contribution in [3.63, 3.8) is 0 Å². The Kier molecular flexibility index (Phi) is 5.89. The molecule has 3 nitrogen and oxygen atoms in total. The van der Waals surface area contributed by atoms with Gasteiger partial charge in [-0.1, -0.05) is 48.5 Å². The van der Waals surface area contributed by atoms with Crippen molar-refractivity contribution in [1.82, 2.24) is 4.90 Å². The Hall–Kier alpha value is -1.98.